The molecule has 0 saturated carbocycles. The number of aromatic carboxylic acids is 2. The Kier molecular flexibility index (Phi) is 4.04. The van der Waals surface area contributed by atoms with E-state index in [9.17, 15) is 19.8 Å². The summed E-state index contributed by atoms with van der Waals surface area (Å²) in [5.74, 6) is -2.26. The van der Waals surface area contributed by atoms with Crippen molar-refractivity contribution in [2.45, 2.75) is 26.2 Å². The molecule has 0 aromatic heterocycles. The molecule has 2 N–H and O–H groups in total. The van der Waals surface area contributed by atoms with Gasteiger partial charge in [-0.25, -0.2) is 9.59 Å². The van der Waals surface area contributed by atoms with Crippen LogP contribution in [0.4, 0.5) is 0 Å². The molecule has 0 spiro atoms. The molecule has 0 radical (unpaired) electrons. The first-order valence-electron chi connectivity index (χ1n) is 6.92. The lowest BCUT2D eigenvalue weighted by atomic mass is 9.78. The Bertz CT molecular complexity index is 725. The van der Waals surface area contributed by atoms with Crippen LogP contribution < -0.4 is 0 Å². The molecule has 0 aliphatic carbocycles. The van der Waals surface area contributed by atoms with E-state index in [2.05, 4.69) is 0 Å². The SMILES string of the molecule is CC(C)(C)c1c(C(=O)O)cc(C(=O)O)cc1-c1ccccc1. The third kappa shape index (κ3) is 3.01. The normalized spacial score (nSPS) is 11.2. The largest absolute Gasteiger partial charge is 0.478 e. The predicted octanol–water partition coefficient (Wildman–Crippen LogP) is 4.05. The molecule has 0 bridgehead atoms. The fourth-order valence-corrected chi connectivity index (χ4v) is 2.59. The van der Waals surface area contributed by atoms with Crippen LogP contribution in [0.5, 0.6) is 0 Å². The van der Waals surface area contributed by atoms with Crippen molar-refractivity contribution in [1.29, 1.82) is 0 Å². The highest BCUT2D eigenvalue weighted by molar-refractivity contribution is 5.98. The van der Waals surface area contributed by atoms with Gasteiger partial charge in [0.05, 0.1) is 11.1 Å². The molecule has 4 heteroatoms. The van der Waals surface area contributed by atoms with Gasteiger partial charge >= 0.3 is 11.9 Å². The van der Waals surface area contributed by atoms with Gasteiger partial charge in [0.1, 0.15) is 0 Å². The second kappa shape index (κ2) is 5.64. The number of hydrogen-bond acceptors (Lipinski definition) is 2. The van der Waals surface area contributed by atoms with Crippen LogP contribution in [0.25, 0.3) is 11.1 Å². The van der Waals surface area contributed by atoms with E-state index in [1.54, 1.807) is 6.07 Å². The summed E-state index contributed by atoms with van der Waals surface area (Å²) in [6.07, 6.45) is 0. The lowest BCUT2D eigenvalue weighted by Gasteiger charge is -2.26. The molecular weight excluding hydrogens is 280 g/mol. The van der Waals surface area contributed by atoms with E-state index in [4.69, 9.17) is 0 Å². The smallest absolute Gasteiger partial charge is 0.336 e. The van der Waals surface area contributed by atoms with Crippen molar-refractivity contribution in [3.8, 4) is 11.1 Å². The Balaban J connectivity index is 2.90. The molecule has 0 unspecified atom stereocenters. The minimum absolute atomic E-state index is 0.0238. The Morgan fingerprint density at radius 3 is 1.95 bits per heavy atom. The minimum Gasteiger partial charge on any atom is -0.478 e. The van der Waals surface area contributed by atoms with Gasteiger partial charge in [0.2, 0.25) is 0 Å². The first-order chi connectivity index (χ1) is 10.2. The highest BCUT2D eigenvalue weighted by Crippen LogP contribution is 2.36. The molecule has 0 aliphatic rings. The first-order valence-corrected chi connectivity index (χ1v) is 6.92. The maximum Gasteiger partial charge on any atom is 0.336 e. The van der Waals surface area contributed by atoms with Crippen LogP contribution in [0.15, 0.2) is 42.5 Å². The van der Waals surface area contributed by atoms with Crippen LogP contribution in [0.3, 0.4) is 0 Å². The zero-order valence-electron chi connectivity index (χ0n) is 12.8. The summed E-state index contributed by atoms with van der Waals surface area (Å²) < 4.78 is 0. The van der Waals surface area contributed by atoms with E-state index < -0.39 is 17.4 Å². The summed E-state index contributed by atoms with van der Waals surface area (Å²) in [6, 6.07) is 12.0. The number of hydrogen-bond donors (Lipinski definition) is 2. The van der Waals surface area contributed by atoms with E-state index in [-0.39, 0.29) is 11.1 Å². The molecule has 2 aromatic carbocycles. The van der Waals surface area contributed by atoms with Gasteiger partial charge in [0, 0.05) is 0 Å². The maximum atomic E-state index is 11.6. The van der Waals surface area contributed by atoms with E-state index in [0.717, 1.165) is 5.56 Å². The van der Waals surface area contributed by atoms with Gasteiger partial charge in [-0.15, -0.1) is 0 Å². The summed E-state index contributed by atoms with van der Waals surface area (Å²) in [7, 11) is 0. The number of carbonyl (C=O) groups is 2. The van der Waals surface area contributed by atoms with Gasteiger partial charge in [0.15, 0.2) is 0 Å². The molecule has 22 heavy (non-hydrogen) atoms. The van der Waals surface area contributed by atoms with E-state index in [1.807, 2.05) is 51.1 Å². The third-order valence-corrected chi connectivity index (χ3v) is 3.45. The Hall–Kier alpha value is -2.62. The lowest BCUT2D eigenvalue weighted by Crippen LogP contribution is -2.19. The van der Waals surface area contributed by atoms with Crippen molar-refractivity contribution in [1.82, 2.24) is 0 Å². The van der Waals surface area contributed by atoms with Crippen LogP contribution in [0.2, 0.25) is 0 Å². The van der Waals surface area contributed by atoms with E-state index in [0.29, 0.717) is 11.1 Å². The molecule has 2 aromatic rings. The molecule has 0 atom stereocenters. The number of benzene rings is 2. The number of rotatable bonds is 3. The van der Waals surface area contributed by atoms with Gasteiger partial charge < -0.3 is 10.2 Å². The zero-order valence-corrected chi connectivity index (χ0v) is 12.8. The molecule has 0 heterocycles. The van der Waals surface area contributed by atoms with Crippen molar-refractivity contribution in [3.05, 3.63) is 59.2 Å². The van der Waals surface area contributed by atoms with Crippen LogP contribution in [-0.2, 0) is 5.41 Å². The number of carboxylic acid groups (broad SMARTS) is 2. The van der Waals surface area contributed by atoms with Crippen molar-refractivity contribution >= 4 is 11.9 Å². The number of carboxylic acids is 2. The second-order valence-corrected chi connectivity index (χ2v) is 6.17. The van der Waals surface area contributed by atoms with Crippen LogP contribution in [-0.4, -0.2) is 22.2 Å². The van der Waals surface area contributed by atoms with Crippen molar-refractivity contribution in [2.75, 3.05) is 0 Å². The first kappa shape index (κ1) is 15.8. The summed E-state index contributed by atoms with van der Waals surface area (Å²) in [5, 5.41) is 18.8. The standard InChI is InChI=1S/C18H18O4/c1-18(2,3)15-13(11-7-5-4-6-8-11)9-12(16(19)20)10-14(15)17(21)22/h4-10H,1-3H3,(H,19,20)(H,21,22). The monoisotopic (exact) mass is 298 g/mol. The molecular formula is C18H18O4. The maximum absolute atomic E-state index is 11.6. The summed E-state index contributed by atoms with van der Waals surface area (Å²) >= 11 is 0. The highest BCUT2D eigenvalue weighted by atomic mass is 16.4. The van der Waals surface area contributed by atoms with Gasteiger partial charge in [-0.05, 0) is 34.2 Å². The van der Waals surface area contributed by atoms with Gasteiger partial charge in [-0.3, -0.25) is 0 Å². The minimum atomic E-state index is -1.14. The Morgan fingerprint density at radius 1 is 0.909 bits per heavy atom. The van der Waals surface area contributed by atoms with Crippen molar-refractivity contribution in [2.24, 2.45) is 0 Å². The van der Waals surface area contributed by atoms with Gasteiger partial charge in [-0.2, -0.15) is 0 Å². The predicted molar refractivity (Wildman–Crippen MR) is 84.5 cm³/mol. The van der Waals surface area contributed by atoms with Crippen molar-refractivity contribution in [3.63, 3.8) is 0 Å². The fourth-order valence-electron chi connectivity index (χ4n) is 2.59. The summed E-state index contributed by atoms with van der Waals surface area (Å²) in [5.41, 5.74) is 1.66. The Labute approximate surface area is 129 Å². The van der Waals surface area contributed by atoms with Crippen LogP contribution >= 0.6 is 0 Å². The third-order valence-electron chi connectivity index (χ3n) is 3.45. The average Bonchev–Trinajstić information content (AvgIpc) is 2.45. The van der Waals surface area contributed by atoms with E-state index in [1.165, 1.54) is 6.07 Å². The molecule has 0 amide bonds. The highest BCUT2D eigenvalue weighted by Gasteiger charge is 2.27. The van der Waals surface area contributed by atoms with Crippen LogP contribution in [0.1, 0.15) is 47.1 Å². The molecule has 2 rings (SSSR count). The fraction of sp³-hybridized carbons (Fsp3) is 0.222. The quantitative estimate of drug-likeness (QED) is 0.896. The summed E-state index contributed by atoms with van der Waals surface area (Å²) in [4.78, 5) is 23.0. The topological polar surface area (TPSA) is 74.6 Å². The molecule has 114 valence electrons. The van der Waals surface area contributed by atoms with Gasteiger partial charge in [-0.1, -0.05) is 51.1 Å². The molecule has 0 saturated heterocycles. The molecule has 4 nitrogen and oxygen atoms in total. The van der Waals surface area contributed by atoms with Crippen LogP contribution in [0, 0.1) is 0 Å². The zero-order chi connectivity index (χ0) is 16.5. The second-order valence-electron chi connectivity index (χ2n) is 6.17. The van der Waals surface area contributed by atoms with E-state index >= 15 is 0 Å². The average molecular weight is 298 g/mol. The summed E-state index contributed by atoms with van der Waals surface area (Å²) in [6.45, 7) is 5.75. The lowest BCUT2D eigenvalue weighted by molar-refractivity contribution is 0.0694. The molecule has 0 fully saturated rings. The molecule has 0 aliphatic heterocycles. The Morgan fingerprint density at radius 2 is 1.50 bits per heavy atom. The van der Waals surface area contributed by atoms with Crippen molar-refractivity contribution < 1.29 is 19.8 Å². The van der Waals surface area contributed by atoms with Gasteiger partial charge in [0.25, 0.3) is 0 Å².